The van der Waals surface area contributed by atoms with E-state index >= 15 is 0 Å². The molecule has 1 aromatic heterocycles. The van der Waals surface area contributed by atoms with Crippen molar-refractivity contribution in [1.82, 2.24) is 15.1 Å². The Morgan fingerprint density at radius 3 is 2.68 bits per heavy atom. The van der Waals surface area contributed by atoms with Crippen molar-refractivity contribution in [2.24, 2.45) is 5.92 Å². The van der Waals surface area contributed by atoms with Crippen molar-refractivity contribution in [2.45, 2.75) is 19.0 Å². The first-order valence-electron chi connectivity index (χ1n) is 10.7. The second-order valence-corrected chi connectivity index (χ2v) is 7.94. The van der Waals surface area contributed by atoms with E-state index in [1.54, 1.807) is 24.3 Å². The van der Waals surface area contributed by atoms with Crippen molar-refractivity contribution in [3.8, 4) is 5.75 Å². The van der Waals surface area contributed by atoms with Crippen LogP contribution in [0.15, 0.2) is 47.1 Å². The molecule has 166 valence electrons. The zero-order valence-electron chi connectivity index (χ0n) is 17.8. The molecule has 8 heteroatoms. The van der Waals surface area contributed by atoms with Crippen molar-refractivity contribution in [3.63, 3.8) is 0 Å². The van der Waals surface area contributed by atoms with E-state index < -0.39 is 0 Å². The minimum Gasteiger partial charge on any atom is -0.497 e. The van der Waals surface area contributed by atoms with Crippen LogP contribution in [-0.4, -0.2) is 68.1 Å². The zero-order chi connectivity index (χ0) is 21.6. The van der Waals surface area contributed by atoms with Crippen LogP contribution in [-0.2, 0) is 20.9 Å². The van der Waals surface area contributed by atoms with Crippen LogP contribution >= 0.6 is 0 Å². The fourth-order valence-electron chi connectivity index (χ4n) is 4.21. The summed E-state index contributed by atoms with van der Waals surface area (Å²) in [5.41, 5.74) is 1.12. The Morgan fingerprint density at radius 2 is 2.00 bits per heavy atom. The number of furan rings is 1. The summed E-state index contributed by atoms with van der Waals surface area (Å²) in [6.07, 6.45) is 1.82. The third-order valence-electron chi connectivity index (χ3n) is 5.97. The molecule has 0 radical (unpaired) electrons. The number of hydrogen-bond acceptors (Lipinski definition) is 6. The Morgan fingerprint density at radius 1 is 1.23 bits per heavy atom. The smallest absolute Gasteiger partial charge is 0.225 e. The monoisotopic (exact) mass is 427 g/mol. The molecule has 2 fully saturated rings. The molecule has 2 aromatic rings. The van der Waals surface area contributed by atoms with Crippen LogP contribution in [0.3, 0.4) is 0 Å². The largest absolute Gasteiger partial charge is 0.497 e. The summed E-state index contributed by atoms with van der Waals surface area (Å²) >= 11 is 0. The van der Waals surface area contributed by atoms with Crippen molar-refractivity contribution in [1.29, 1.82) is 0 Å². The van der Waals surface area contributed by atoms with Crippen LogP contribution in [0.1, 0.15) is 23.8 Å². The molecular weight excluding hydrogens is 398 g/mol. The normalized spacial score (nSPS) is 20.6. The number of nitrogens with zero attached hydrogens (tertiary/aromatic N) is 2. The van der Waals surface area contributed by atoms with Gasteiger partial charge in [0.05, 0.1) is 45.1 Å². The molecule has 8 nitrogen and oxygen atoms in total. The summed E-state index contributed by atoms with van der Waals surface area (Å²) < 4.78 is 16.1. The van der Waals surface area contributed by atoms with E-state index in [0.29, 0.717) is 32.8 Å². The molecule has 0 aliphatic carbocycles. The van der Waals surface area contributed by atoms with Gasteiger partial charge in [-0.05, 0) is 29.8 Å². The third-order valence-corrected chi connectivity index (χ3v) is 5.97. The molecule has 2 atom stereocenters. The quantitative estimate of drug-likeness (QED) is 0.692. The zero-order valence-corrected chi connectivity index (χ0v) is 17.8. The number of morpholine rings is 1. The summed E-state index contributed by atoms with van der Waals surface area (Å²) in [5.74, 6) is 1.08. The van der Waals surface area contributed by atoms with E-state index in [-0.39, 0.29) is 30.2 Å². The van der Waals surface area contributed by atoms with Crippen LogP contribution in [0.25, 0.3) is 0 Å². The molecule has 0 bridgehead atoms. The van der Waals surface area contributed by atoms with Crippen LogP contribution in [0.4, 0.5) is 0 Å². The highest BCUT2D eigenvalue weighted by Gasteiger charge is 2.35. The van der Waals surface area contributed by atoms with Gasteiger partial charge >= 0.3 is 0 Å². The summed E-state index contributed by atoms with van der Waals surface area (Å²) in [4.78, 5) is 29.2. The highest BCUT2D eigenvalue weighted by atomic mass is 16.5. The Balaban J connectivity index is 1.38. The molecule has 2 aliphatic rings. The standard InChI is InChI=1S/C23H29N3O5/c1-29-19-6-4-17(5-7-19)21(25-8-11-30-12-9-25)14-24-23(28)18-13-22(27)26(15-18)16-20-3-2-10-31-20/h2-7,10,18,21H,8-9,11-16H2,1H3,(H,24,28). The first-order valence-corrected chi connectivity index (χ1v) is 10.7. The minimum absolute atomic E-state index is 0.0172. The lowest BCUT2D eigenvalue weighted by Crippen LogP contribution is -2.45. The van der Waals surface area contributed by atoms with E-state index in [1.807, 2.05) is 30.3 Å². The second kappa shape index (κ2) is 9.98. The molecule has 31 heavy (non-hydrogen) atoms. The maximum atomic E-state index is 12.9. The SMILES string of the molecule is COc1ccc(C(CNC(=O)C2CC(=O)N(Cc3ccco3)C2)N2CCOCC2)cc1. The Kier molecular flexibility index (Phi) is 6.89. The molecule has 4 rings (SSSR count). The Hall–Kier alpha value is -2.84. The maximum absolute atomic E-state index is 12.9. The second-order valence-electron chi connectivity index (χ2n) is 7.94. The topological polar surface area (TPSA) is 84.2 Å². The molecule has 2 saturated heterocycles. The fourth-order valence-corrected chi connectivity index (χ4v) is 4.21. The predicted molar refractivity (Wildman–Crippen MR) is 113 cm³/mol. The number of hydrogen-bond donors (Lipinski definition) is 1. The van der Waals surface area contributed by atoms with E-state index in [2.05, 4.69) is 10.2 Å². The molecule has 0 spiro atoms. The Bertz CT molecular complexity index is 862. The van der Waals surface area contributed by atoms with E-state index in [0.717, 1.165) is 30.2 Å². The summed E-state index contributed by atoms with van der Waals surface area (Å²) in [6, 6.07) is 11.6. The van der Waals surface area contributed by atoms with E-state index in [4.69, 9.17) is 13.9 Å². The average Bonchev–Trinajstić information content (AvgIpc) is 3.45. The predicted octanol–water partition coefficient (Wildman–Crippen LogP) is 1.83. The number of carbonyl (C=O) groups is 2. The van der Waals surface area contributed by atoms with E-state index in [1.165, 1.54) is 0 Å². The Labute approximate surface area is 182 Å². The van der Waals surface area contributed by atoms with Crippen LogP contribution in [0.5, 0.6) is 5.75 Å². The van der Waals surface area contributed by atoms with Gasteiger partial charge in [-0.25, -0.2) is 0 Å². The van der Waals surface area contributed by atoms with Crippen LogP contribution < -0.4 is 10.1 Å². The van der Waals surface area contributed by atoms with Gasteiger partial charge in [0.2, 0.25) is 11.8 Å². The van der Waals surface area contributed by atoms with Gasteiger partial charge in [-0.15, -0.1) is 0 Å². The number of rotatable bonds is 8. The van der Waals surface area contributed by atoms with Gasteiger partial charge in [-0.3, -0.25) is 14.5 Å². The molecule has 1 N–H and O–H groups in total. The molecule has 0 saturated carbocycles. The fraction of sp³-hybridized carbons (Fsp3) is 0.478. The highest BCUT2D eigenvalue weighted by Crippen LogP contribution is 2.25. The van der Waals surface area contributed by atoms with Crippen molar-refractivity contribution < 1.29 is 23.5 Å². The number of nitrogens with one attached hydrogen (secondary N) is 1. The molecular formula is C23H29N3O5. The lowest BCUT2D eigenvalue weighted by atomic mass is 10.0. The molecule has 1 aromatic carbocycles. The molecule has 2 aliphatic heterocycles. The number of methoxy groups -OCH3 is 1. The molecule has 2 unspecified atom stereocenters. The van der Waals surface area contributed by atoms with Gasteiger partial charge in [0.1, 0.15) is 11.5 Å². The average molecular weight is 428 g/mol. The highest BCUT2D eigenvalue weighted by molar-refractivity contribution is 5.89. The van der Waals surface area contributed by atoms with E-state index in [9.17, 15) is 9.59 Å². The first kappa shape index (κ1) is 21.4. The van der Waals surface area contributed by atoms with Crippen molar-refractivity contribution in [2.75, 3.05) is 46.5 Å². The third kappa shape index (κ3) is 5.26. The molecule has 3 heterocycles. The minimum atomic E-state index is -0.344. The van der Waals surface area contributed by atoms with Gasteiger partial charge in [-0.2, -0.15) is 0 Å². The maximum Gasteiger partial charge on any atom is 0.225 e. The summed E-state index contributed by atoms with van der Waals surface area (Å²) in [5, 5.41) is 3.09. The number of ether oxygens (including phenoxy) is 2. The van der Waals surface area contributed by atoms with Crippen LogP contribution in [0.2, 0.25) is 0 Å². The number of amides is 2. The summed E-state index contributed by atoms with van der Waals surface area (Å²) in [7, 11) is 1.65. The van der Waals surface area contributed by atoms with Gasteiger partial charge in [0, 0.05) is 32.6 Å². The lowest BCUT2D eigenvalue weighted by molar-refractivity contribution is -0.129. The number of benzene rings is 1. The summed E-state index contributed by atoms with van der Waals surface area (Å²) in [6.45, 7) is 4.28. The first-order chi connectivity index (χ1) is 15.1. The van der Waals surface area contributed by atoms with Crippen molar-refractivity contribution >= 4 is 11.8 Å². The van der Waals surface area contributed by atoms with Gasteiger partial charge in [-0.1, -0.05) is 12.1 Å². The van der Waals surface area contributed by atoms with Crippen LogP contribution in [0, 0.1) is 5.92 Å². The van der Waals surface area contributed by atoms with Gasteiger partial charge < -0.3 is 24.1 Å². The molecule has 2 amide bonds. The lowest BCUT2D eigenvalue weighted by Gasteiger charge is -2.35. The van der Waals surface area contributed by atoms with Gasteiger partial charge in [0.15, 0.2) is 0 Å². The number of carbonyl (C=O) groups excluding carboxylic acids is 2. The van der Waals surface area contributed by atoms with Gasteiger partial charge in [0.25, 0.3) is 0 Å². The van der Waals surface area contributed by atoms with Crippen molar-refractivity contribution in [3.05, 3.63) is 54.0 Å². The number of likely N-dealkylation sites (tertiary alicyclic amines) is 1.